The van der Waals surface area contributed by atoms with Crippen molar-refractivity contribution in [3.8, 4) is 0 Å². The quantitative estimate of drug-likeness (QED) is 0.444. The van der Waals surface area contributed by atoms with Crippen molar-refractivity contribution in [1.82, 2.24) is 0 Å². The molecule has 0 N–H and O–H groups in total. The van der Waals surface area contributed by atoms with Crippen LogP contribution in [-0.4, -0.2) is 13.6 Å². The second-order valence-corrected chi connectivity index (χ2v) is 13.7. The molecule has 0 unspecified atom stereocenters. The maximum absolute atomic E-state index is 6.22. The first kappa shape index (κ1) is 17.2. The fraction of sp³-hybridized carbons (Fsp3) is 0. The molecule has 4 rings (SSSR count). The number of halogens is 1. The van der Waals surface area contributed by atoms with Crippen LogP contribution in [0.25, 0.3) is 0 Å². The first-order valence-electron chi connectivity index (χ1n) is 8.64. The van der Waals surface area contributed by atoms with Crippen molar-refractivity contribution < 1.29 is 0 Å². The van der Waals surface area contributed by atoms with Crippen molar-refractivity contribution in [1.29, 1.82) is 0 Å². The van der Waals surface area contributed by atoms with Crippen molar-refractivity contribution in [3.05, 3.63) is 120 Å². The van der Waals surface area contributed by atoms with Crippen molar-refractivity contribution in [2.45, 2.75) is 0 Å². The van der Waals surface area contributed by atoms with E-state index in [-0.39, 0.29) is 0 Å². The number of benzene rings is 4. The molecule has 0 radical (unpaired) electrons. The van der Waals surface area contributed by atoms with Crippen LogP contribution in [-0.2, 0) is 0 Å². The molecule has 0 atom stereocenters. The van der Waals surface area contributed by atoms with E-state index in [9.17, 15) is 0 Å². The van der Waals surface area contributed by atoms with Gasteiger partial charge in [0.25, 0.3) is 0 Å². The second-order valence-electron chi connectivity index (χ2n) is 6.15. The molecule has 26 heavy (non-hydrogen) atoms. The van der Waals surface area contributed by atoms with Crippen LogP contribution < -0.4 is 17.4 Å². The van der Waals surface area contributed by atoms with E-state index in [1.807, 2.05) is 12.1 Å². The van der Waals surface area contributed by atoms with Gasteiger partial charge in [0.15, 0.2) is 0 Å². The standard InChI is InChI=1S/C24H19AsCl/c26-24-18-16-23(17-19-24)25(20-10-4-1-5-11-20,21-12-6-2-7-13-21)22-14-8-3-9-15-22/h1-19H/q+1. The van der Waals surface area contributed by atoms with E-state index < -0.39 is 13.6 Å². The zero-order valence-electron chi connectivity index (χ0n) is 14.3. The molecule has 4 aromatic rings. The monoisotopic (exact) mass is 417 g/mol. The molecule has 126 valence electrons. The van der Waals surface area contributed by atoms with Gasteiger partial charge in [-0.1, -0.05) is 0 Å². The van der Waals surface area contributed by atoms with Crippen molar-refractivity contribution in [3.63, 3.8) is 0 Å². The SMILES string of the molecule is Clc1ccc([As+](c2ccccc2)(c2ccccc2)c2ccccc2)cc1. The molecule has 0 saturated heterocycles. The fourth-order valence-corrected chi connectivity index (χ4v) is 12.5. The Morgan fingerprint density at radius 1 is 0.385 bits per heavy atom. The molecule has 0 bridgehead atoms. The Bertz CT molecular complexity index is 868. The molecule has 0 aliphatic heterocycles. The maximum atomic E-state index is 6.22. The molecule has 0 fully saturated rings. The summed E-state index contributed by atoms with van der Waals surface area (Å²) < 4.78 is 5.59. The van der Waals surface area contributed by atoms with Crippen LogP contribution >= 0.6 is 11.6 Å². The van der Waals surface area contributed by atoms with Crippen LogP contribution in [0.1, 0.15) is 0 Å². The van der Waals surface area contributed by atoms with Gasteiger partial charge in [-0.2, -0.15) is 0 Å². The van der Waals surface area contributed by atoms with E-state index in [0.717, 1.165) is 5.02 Å². The van der Waals surface area contributed by atoms with Crippen LogP contribution in [0.3, 0.4) is 0 Å². The van der Waals surface area contributed by atoms with E-state index in [0.29, 0.717) is 0 Å². The molecule has 0 spiro atoms. The molecule has 4 aromatic carbocycles. The van der Waals surface area contributed by atoms with E-state index in [1.165, 1.54) is 17.4 Å². The summed E-state index contributed by atoms with van der Waals surface area (Å²) >= 11 is 3.37. The molecule has 0 aromatic heterocycles. The van der Waals surface area contributed by atoms with Crippen LogP contribution in [0.4, 0.5) is 0 Å². The zero-order chi connectivity index (χ0) is 17.8. The Kier molecular flexibility index (Phi) is 4.97. The molecule has 2 heteroatoms. The number of hydrogen-bond acceptors (Lipinski definition) is 0. The van der Waals surface area contributed by atoms with E-state index >= 15 is 0 Å². The Hall–Kier alpha value is -2.27. The third-order valence-corrected chi connectivity index (χ3v) is 13.9. The van der Waals surface area contributed by atoms with Crippen molar-refractivity contribution >= 4 is 42.6 Å². The van der Waals surface area contributed by atoms with Crippen LogP contribution in [0.15, 0.2) is 115 Å². The number of rotatable bonds is 4. The topological polar surface area (TPSA) is 0 Å². The minimum absolute atomic E-state index is 0.775. The average Bonchev–Trinajstić information content (AvgIpc) is 2.72. The molecular formula is C24H19AsCl+. The summed E-state index contributed by atoms with van der Waals surface area (Å²) in [5.41, 5.74) is 0. The van der Waals surface area contributed by atoms with E-state index in [2.05, 4.69) is 103 Å². The van der Waals surface area contributed by atoms with Crippen LogP contribution in [0.5, 0.6) is 0 Å². The fourth-order valence-electron chi connectivity index (χ4n) is 3.51. The van der Waals surface area contributed by atoms with Crippen molar-refractivity contribution in [2.75, 3.05) is 0 Å². The predicted molar refractivity (Wildman–Crippen MR) is 115 cm³/mol. The van der Waals surface area contributed by atoms with E-state index in [1.54, 1.807) is 0 Å². The molecule has 0 aliphatic rings. The summed E-state index contributed by atoms with van der Waals surface area (Å²) in [4.78, 5) is 0. The second kappa shape index (κ2) is 7.54. The van der Waals surface area contributed by atoms with Gasteiger partial charge in [-0.25, -0.2) is 0 Å². The first-order chi connectivity index (χ1) is 12.8. The average molecular weight is 418 g/mol. The molecule has 0 heterocycles. The Morgan fingerprint density at radius 3 is 1.04 bits per heavy atom. The predicted octanol–water partition coefficient (Wildman–Crippen LogP) is 3.72. The van der Waals surface area contributed by atoms with Gasteiger partial charge in [0.2, 0.25) is 0 Å². The van der Waals surface area contributed by atoms with Crippen LogP contribution in [0, 0.1) is 0 Å². The summed E-state index contributed by atoms with van der Waals surface area (Å²) in [5, 5.41) is 0.775. The summed E-state index contributed by atoms with van der Waals surface area (Å²) in [5.74, 6) is 0. The third-order valence-electron chi connectivity index (χ3n) is 4.64. The molecule has 0 aliphatic carbocycles. The normalized spacial score (nSPS) is 11.3. The third kappa shape index (κ3) is 3.01. The summed E-state index contributed by atoms with van der Waals surface area (Å²) in [6.45, 7) is 0. The minimum atomic E-state index is -2.85. The molecule has 0 nitrogen and oxygen atoms in total. The Morgan fingerprint density at radius 2 is 0.692 bits per heavy atom. The molecule has 0 saturated carbocycles. The van der Waals surface area contributed by atoms with Gasteiger partial charge in [0.1, 0.15) is 0 Å². The summed E-state index contributed by atoms with van der Waals surface area (Å²) in [6, 6.07) is 41.3. The van der Waals surface area contributed by atoms with Gasteiger partial charge >= 0.3 is 163 Å². The Labute approximate surface area is 162 Å². The summed E-state index contributed by atoms with van der Waals surface area (Å²) in [7, 11) is 0. The number of hydrogen-bond donors (Lipinski definition) is 0. The van der Waals surface area contributed by atoms with Gasteiger partial charge in [-0.15, -0.1) is 0 Å². The van der Waals surface area contributed by atoms with E-state index in [4.69, 9.17) is 11.6 Å². The summed E-state index contributed by atoms with van der Waals surface area (Å²) in [6.07, 6.45) is 0. The van der Waals surface area contributed by atoms with Gasteiger partial charge in [0, 0.05) is 0 Å². The Balaban J connectivity index is 2.12. The van der Waals surface area contributed by atoms with Gasteiger partial charge in [0.05, 0.1) is 0 Å². The molecular weight excluding hydrogens is 399 g/mol. The van der Waals surface area contributed by atoms with Gasteiger partial charge < -0.3 is 0 Å². The van der Waals surface area contributed by atoms with Gasteiger partial charge in [-0.3, -0.25) is 0 Å². The molecule has 0 amide bonds. The van der Waals surface area contributed by atoms with Gasteiger partial charge in [-0.05, 0) is 0 Å². The van der Waals surface area contributed by atoms with Crippen LogP contribution in [0.2, 0.25) is 5.02 Å². The zero-order valence-corrected chi connectivity index (χ0v) is 16.9. The van der Waals surface area contributed by atoms with Crippen molar-refractivity contribution in [2.24, 2.45) is 0 Å². The first-order valence-corrected chi connectivity index (χ1v) is 12.8.